The number of hydrogen-bond acceptors (Lipinski definition) is 11. The van der Waals surface area contributed by atoms with Crippen LogP contribution in [0.1, 0.15) is 181 Å². The van der Waals surface area contributed by atoms with Gasteiger partial charge < -0.3 is 34.8 Å². The molecule has 0 aromatic carbocycles. The number of esters is 2. The number of hydrogen-bond donors (Lipinski definition) is 5. The quantitative estimate of drug-likeness (QED) is 0.0174. The molecule has 0 aliphatic rings. The van der Waals surface area contributed by atoms with Crippen molar-refractivity contribution in [2.45, 2.75) is 205 Å². The third-order valence-electron chi connectivity index (χ3n) is 9.12. The van der Waals surface area contributed by atoms with Gasteiger partial charge >= 0.3 is 19.8 Å². The molecule has 0 spiro atoms. The number of carbonyl (C=O) groups excluding carboxylic acids is 2. The fourth-order valence-electron chi connectivity index (χ4n) is 5.72. The molecule has 0 aromatic rings. The van der Waals surface area contributed by atoms with Crippen LogP contribution in [0.2, 0.25) is 0 Å². The monoisotopic (exact) mass is 781 g/mol. The van der Waals surface area contributed by atoms with Gasteiger partial charge in [0.05, 0.1) is 32.0 Å². The Morgan fingerprint density at radius 2 is 1.09 bits per heavy atom. The van der Waals surface area contributed by atoms with Crippen molar-refractivity contribution in [1.82, 2.24) is 0 Å². The van der Waals surface area contributed by atoms with E-state index in [1.165, 1.54) is 70.6 Å². The number of aliphatic hydroxyl groups excluding tert-OH is 4. The van der Waals surface area contributed by atoms with Crippen LogP contribution in [0, 0.1) is 0 Å². The lowest BCUT2D eigenvalue weighted by Gasteiger charge is -2.20. The zero-order valence-corrected chi connectivity index (χ0v) is 34.1. The van der Waals surface area contributed by atoms with Crippen molar-refractivity contribution in [2.24, 2.45) is 0 Å². The summed E-state index contributed by atoms with van der Waals surface area (Å²) < 4.78 is 32.6. The average Bonchev–Trinajstić information content (AvgIpc) is 3.14. The van der Waals surface area contributed by atoms with Crippen LogP contribution in [0.4, 0.5) is 0 Å². The highest BCUT2D eigenvalue weighted by molar-refractivity contribution is 7.47. The molecule has 0 aromatic heterocycles. The summed E-state index contributed by atoms with van der Waals surface area (Å²) in [5.41, 5.74) is 0. The molecule has 0 aliphatic carbocycles. The van der Waals surface area contributed by atoms with Gasteiger partial charge in [0, 0.05) is 12.8 Å². The Kier molecular flexibility index (Phi) is 35.3. The van der Waals surface area contributed by atoms with Gasteiger partial charge in [-0.2, -0.15) is 0 Å². The molecule has 13 heteroatoms. The van der Waals surface area contributed by atoms with E-state index in [4.69, 9.17) is 19.1 Å². The Balaban J connectivity index is 4.42. The molecule has 314 valence electrons. The first-order valence-electron chi connectivity index (χ1n) is 20.8. The summed E-state index contributed by atoms with van der Waals surface area (Å²) in [6.45, 7) is 2.15. The molecule has 0 fully saturated rings. The lowest BCUT2D eigenvalue weighted by atomic mass is 10.0. The maximum atomic E-state index is 12.6. The van der Waals surface area contributed by atoms with E-state index in [1.54, 1.807) is 0 Å². The van der Waals surface area contributed by atoms with Crippen LogP contribution in [0.3, 0.4) is 0 Å². The van der Waals surface area contributed by atoms with Crippen LogP contribution in [-0.2, 0) is 32.7 Å². The van der Waals surface area contributed by atoms with E-state index in [-0.39, 0.29) is 19.4 Å². The molecule has 0 heterocycles. The SMILES string of the molecule is CCCCC/C=C\C[C@@H](O)[C@H](O)CCCCCCCC(=O)OC[C@H](COP(=O)(O)OC[C@@H](O)CO)OC(=O)CCCCCCCCCCCCCCC. The summed E-state index contributed by atoms with van der Waals surface area (Å²) in [6, 6.07) is 0. The largest absolute Gasteiger partial charge is 0.472 e. The van der Waals surface area contributed by atoms with Crippen molar-refractivity contribution in [2.75, 3.05) is 26.4 Å². The van der Waals surface area contributed by atoms with E-state index >= 15 is 0 Å². The molecule has 0 saturated carbocycles. The highest BCUT2D eigenvalue weighted by atomic mass is 31.2. The number of phosphoric acid groups is 1. The molecule has 5 N–H and O–H groups in total. The molecule has 53 heavy (non-hydrogen) atoms. The molecule has 0 radical (unpaired) electrons. The van der Waals surface area contributed by atoms with Gasteiger partial charge in [-0.3, -0.25) is 18.6 Å². The van der Waals surface area contributed by atoms with Crippen LogP contribution in [-0.4, -0.2) is 88.1 Å². The number of carbonyl (C=O) groups is 2. The number of aliphatic hydroxyl groups is 4. The molecule has 0 rings (SSSR count). The van der Waals surface area contributed by atoms with E-state index in [9.17, 15) is 34.4 Å². The van der Waals surface area contributed by atoms with Gasteiger partial charge in [0.25, 0.3) is 0 Å². The minimum absolute atomic E-state index is 0.146. The second-order valence-electron chi connectivity index (χ2n) is 14.3. The molecule has 0 aliphatic heterocycles. The summed E-state index contributed by atoms with van der Waals surface area (Å²) in [6.07, 6.45) is 24.9. The summed E-state index contributed by atoms with van der Waals surface area (Å²) in [5.74, 6) is -1.03. The molecule has 12 nitrogen and oxygen atoms in total. The Hall–Kier alpha value is -1.37. The summed E-state index contributed by atoms with van der Waals surface area (Å²) in [5, 5.41) is 38.7. The van der Waals surface area contributed by atoms with Gasteiger partial charge in [0.1, 0.15) is 12.7 Å². The van der Waals surface area contributed by atoms with Crippen molar-refractivity contribution in [3.63, 3.8) is 0 Å². The van der Waals surface area contributed by atoms with Crippen molar-refractivity contribution in [3.8, 4) is 0 Å². The van der Waals surface area contributed by atoms with Gasteiger partial charge in [0.2, 0.25) is 0 Å². The first-order valence-corrected chi connectivity index (χ1v) is 22.3. The Morgan fingerprint density at radius 3 is 1.66 bits per heavy atom. The molecule has 0 amide bonds. The Bertz CT molecular complexity index is 933. The molecule has 0 saturated heterocycles. The van der Waals surface area contributed by atoms with E-state index < -0.39 is 64.0 Å². The number of allylic oxidation sites excluding steroid dienone is 1. The first kappa shape index (κ1) is 51.6. The molecule has 5 atom stereocenters. The maximum absolute atomic E-state index is 12.6. The third-order valence-corrected chi connectivity index (χ3v) is 10.1. The van der Waals surface area contributed by atoms with Gasteiger partial charge in [0.15, 0.2) is 6.10 Å². The third kappa shape index (κ3) is 34.8. The highest BCUT2D eigenvalue weighted by Gasteiger charge is 2.27. The fraction of sp³-hybridized carbons (Fsp3) is 0.900. The van der Waals surface area contributed by atoms with Crippen molar-refractivity contribution in [1.29, 1.82) is 0 Å². The van der Waals surface area contributed by atoms with Crippen molar-refractivity contribution in [3.05, 3.63) is 12.2 Å². The van der Waals surface area contributed by atoms with Gasteiger partial charge in [-0.05, 0) is 38.5 Å². The molecular formula is C40H77O12P. The minimum Gasteiger partial charge on any atom is -0.462 e. The smallest absolute Gasteiger partial charge is 0.462 e. The summed E-state index contributed by atoms with van der Waals surface area (Å²) in [7, 11) is -4.64. The minimum atomic E-state index is -4.64. The normalized spacial score (nSPS) is 15.2. The van der Waals surface area contributed by atoms with E-state index in [1.807, 2.05) is 6.08 Å². The molecule has 1 unspecified atom stereocenters. The van der Waals surface area contributed by atoms with Gasteiger partial charge in [-0.15, -0.1) is 0 Å². The number of rotatable bonds is 39. The second kappa shape index (κ2) is 36.3. The zero-order chi connectivity index (χ0) is 39.4. The van der Waals surface area contributed by atoms with E-state index in [0.717, 1.165) is 57.8 Å². The van der Waals surface area contributed by atoms with Crippen LogP contribution in [0.15, 0.2) is 12.2 Å². The van der Waals surface area contributed by atoms with Crippen LogP contribution in [0.25, 0.3) is 0 Å². The number of phosphoric ester groups is 1. The maximum Gasteiger partial charge on any atom is 0.472 e. The lowest BCUT2D eigenvalue weighted by molar-refractivity contribution is -0.161. The van der Waals surface area contributed by atoms with Crippen molar-refractivity contribution >= 4 is 19.8 Å². The highest BCUT2D eigenvalue weighted by Crippen LogP contribution is 2.43. The Morgan fingerprint density at radius 1 is 0.604 bits per heavy atom. The summed E-state index contributed by atoms with van der Waals surface area (Å²) >= 11 is 0. The molecular weight excluding hydrogens is 703 g/mol. The topological polar surface area (TPSA) is 189 Å². The first-order chi connectivity index (χ1) is 25.5. The summed E-state index contributed by atoms with van der Waals surface area (Å²) in [4.78, 5) is 34.9. The van der Waals surface area contributed by atoms with E-state index in [0.29, 0.717) is 25.7 Å². The van der Waals surface area contributed by atoms with Gasteiger partial charge in [-0.1, -0.05) is 142 Å². The van der Waals surface area contributed by atoms with E-state index in [2.05, 4.69) is 24.4 Å². The zero-order valence-electron chi connectivity index (χ0n) is 33.2. The lowest BCUT2D eigenvalue weighted by Crippen LogP contribution is -2.29. The predicted molar refractivity (Wildman–Crippen MR) is 208 cm³/mol. The second-order valence-corrected chi connectivity index (χ2v) is 15.8. The average molecular weight is 781 g/mol. The van der Waals surface area contributed by atoms with Crippen LogP contribution >= 0.6 is 7.82 Å². The van der Waals surface area contributed by atoms with Crippen LogP contribution < -0.4 is 0 Å². The number of ether oxygens (including phenoxy) is 2. The molecule has 0 bridgehead atoms. The number of unbranched alkanes of at least 4 members (excludes halogenated alkanes) is 19. The van der Waals surface area contributed by atoms with Crippen molar-refractivity contribution < 1.29 is 58.0 Å². The Labute approximate surface area is 321 Å². The predicted octanol–water partition coefficient (Wildman–Crippen LogP) is 8.39. The fourth-order valence-corrected chi connectivity index (χ4v) is 6.51. The van der Waals surface area contributed by atoms with Crippen LogP contribution in [0.5, 0.6) is 0 Å². The standard InChI is InChI=1S/C40H77O12P/c1-3-5-7-9-11-12-13-14-15-16-17-21-26-30-40(46)52-36(34-51-53(47,48)50-32-35(42)31-41)33-49-39(45)29-25-22-18-20-24-28-38(44)37(43)27-23-19-10-8-6-4-2/h19,23,35-38,41-44H,3-18,20-22,24-34H2,1-2H3,(H,47,48)/b23-19-/t35-,36+,37+,38+/m0/s1. The van der Waals surface area contributed by atoms with Gasteiger partial charge in [-0.25, -0.2) is 4.57 Å².